The van der Waals surface area contributed by atoms with E-state index in [-0.39, 0.29) is 11.9 Å². The number of carboxylic acids is 2. The predicted molar refractivity (Wildman–Crippen MR) is 122 cm³/mol. The van der Waals surface area contributed by atoms with Crippen LogP contribution in [0, 0.1) is 5.92 Å². The summed E-state index contributed by atoms with van der Waals surface area (Å²) in [6.45, 7) is 4.57. The monoisotopic (exact) mass is 452 g/mol. The molecule has 2 unspecified atom stereocenters. The molecule has 1 amide bonds. The molecular formula is C25H28N2O6. The summed E-state index contributed by atoms with van der Waals surface area (Å²) in [7, 11) is 0. The topological polar surface area (TPSA) is 116 Å². The second-order valence-corrected chi connectivity index (χ2v) is 8.06. The highest BCUT2D eigenvalue weighted by Gasteiger charge is 2.40. The van der Waals surface area contributed by atoms with Crippen LogP contribution in [0.15, 0.2) is 66.7 Å². The lowest BCUT2D eigenvalue weighted by atomic mass is 9.79. The van der Waals surface area contributed by atoms with E-state index in [0.717, 1.165) is 11.5 Å². The number of ether oxygens (including phenoxy) is 1. The number of hydrogen-bond donors (Lipinski definition) is 3. The fourth-order valence-electron chi connectivity index (χ4n) is 4.22. The highest BCUT2D eigenvalue weighted by atomic mass is 16.5. The lowest BCUT2D eigenvalue weighted by molar-refractivity contribution is -0.134. The first kappa shape index (κ1) is 24.0. The third-order valence-corrected chi connectivity index (χ3v) is 5.94. The summed E-state index contributed by atoms with van der Waals surface area (Å²) >= 11 is 0. The van der Waals surface area contributed by atoms with Gasteiger partial charge in [0.2, 0.25) is 0 Å². The van der Waals surface area contributed by atoms with Crippen LogP contribution in [0.1, 0.15) is 30.1 Å². The SMILES string of the molecule is CC1C(NC(=O)c2ccc(Oc3ccccc3)cc2)C2CCN1CC2.O=C(O)/C=C/C(=O)O. The number of fused-ring (bicyclic) bond motifs is 3. The zero-order chi connectivity index (χ0) is 23.8. The number of aliphatic carboxylic acids is 2. The zero-order valence-electron chi connectivity index (χ0n) is 18.4. The van der Waals surface area contributed by atoms with Crippen molar-refractivity contribution in [3.8, 4) is 11.5 Å². The zero-order valence-corrected chi connectivity index (χ0v) is 18.4. The molecule has 3 fully saturated rings. The number of benzene rings is 2. The van der Waals surface area contributed by atoms with Gasteiger partial charge in [-0.25, -0.2) is 9.59 Å². The molecule has 2 atom stereocenters. The smallest absolute Gasteiger partial charge is 0.328 e. The number of hydrogen-bond acceptors (Lipinski definition) is 5. The first-order chi connectivity index (χ1) is 15.8. The van der Waals surface area contributed by atoms with E-state index in [2.05, 4.69) is 17.1 Å². The van der Waals surface area contributed by atoms with Crippen LogP contribution >= 0.6 is 0 Å². The van der Waals surface area contributed by atoms with Gasteiger partial charge in [0.15, 0.2) is 0 Å². The Hall–Kier alpha value is -3.65. The van der Waals surface area contributed by atoms with Crippen LogP contribution in [-0.4, -0.2) is 58.1 Å². The fraction of sp³-hybridized carbons (Fsp3) is 0.320. The van der Waals surface area contributed by atoms with Crippen molar-refractivity contribution in [1.82, 2.24) is 10.2 Å². The molecule has 33 heavy (non-hydrogen) atoms. The summed E-state index contributed by atoms with van der Waals surface area (Å²) in [5.41, 5.74) is 0.684. The van der Waals surface area contributed by atoms with Crippen LogP contribution in [0.25, 0.3) is 0 Å². The number of nitrogens with zero attached hydrogens (tertiary/aromatic N) is 1. The minimum absolute atomic E-state index is 0.0110. The van der Waals surface area contributed by atoms with E-state index in [0.29, 0.717) is 29.7 Å². The lowest BCUT2D eigenvalue weighted by Gasteiger charge is -2.49. The van der Waals surface area contributed by atoms with E-state index in [4.69, 9.17) is 14.9 Å². The number of rotatable bonds is 6. The van der Waals surface area contributed by atoms with Gasteiger partial charge in [0, 0.05) is 29.8 Å². The molecule has 2 aromatic rings. The van der Waals surface area contributed by atoms with Gasteiger partial charge in [-0.3, -0.25) is 9.69 Å². The number of carbonyl (C=O) groups is 3. The first-order valence-corrected chi connectivity index (χ1v) is 10.9. The van der Waals surface area contributed by atoms with Gasteiger partial charge in [-0.15, -0.1) is 0 Å². The molecule has 0 aromatic heterocycles. The van der Waals surface area contributed by atoms with Gasteiger partial charge in [0.25, 0.3) is 5.91 Å². The van der Waals surface area contributed by atoms with Crippen LogP contribution in [0.3, 0.4) is 0 Å². The second kappa shape index (κ2) is 11.3. The molecule has 3 N–H and O–H groups in total. The van der Waals surface area contributed by atoms with Gasteiger partial charge in [0.1, 0.15) is 11.5 Å². The van der Waals surface area contributed by atoms with Gasteiger partial charge < -0.3 is 20.3 Å². The van der Waals surface area contributed by atoms with E-state index >= 15 is 0 Å². The largest absolute Gasteiger partial charge is 0.478 e. The molecule has 2 aromatic carbocycles. The van der Waals surface area contributed by atoms with Gasteiger partial charge in [0.05, 0.1) is 0 Å². The Labute approximate surface area is 192 Å². The van der Waals surface area contributed by atoms with Crippen LogP contribution in [-0.2, 0) is 9.59 Å². The minimum Gasteiger partial charge on any atom is -0.478 e. The van der Waals surface area contributed by atoms with Crippen LogP contribution in [0.4, 0.5) is 0 Å². The summed E-state index contributed by atoms with van der Waals surface area (Å²) in [6.07, 6.45) is 3.50. The molecule has 0 spiro atoms. The molecule has 8 nitrogen and oxygen atoms in total. The van der Waals surface area contributed by atoms with Crippen molar-refractivity contribution in [2.24, 2.45) is 5.92 Å². The average molecular weight is 453 g/mol. The summed E-state index contributed by atoms with van der Waals surface area (Å²) in [5.74, 6) is -0.360. The van der Waals surface area contributed by atoms with E-state index in [9.17, 15) is 14.4 Å². The molecular weight excluding hydrogens is 424 g/mol. The molecule has 174 valence electrons. The molecule has 0 radical (unpaired) electrons. The van der Waals surface area contributed by atoms with Crippen molar-refractivity contribution in [3.63, 3.8) is 0 Å². The van der Waals surface area contributed by atoms with Crippen molar-refractivity contribution in [2.45, 2.75) is 31.8 Å². The number of carbonyl (C=O) groups excluding carboxylic acids is 1. The summed E-state index contributed by atoms with van der Waals surface area (Å²) in [5, 5.41) is 18.9. The Kier molecular flexibility index (Phi) is 8.21. The van der Waals surface area contributed by atoms with Crippen molar-refractivity contribution in [1.29, 1.82) is 0 Å². The number of carboxylic acid groups (broad SMARTS) is 2. The van der Waals surface area contributed by atoms with Crippen molar-refractivity contribution < 1.29 is 29.3 Å². The Balaban J connectivity index is 0.000000331. The Morgan fingerprint density at radius 1 is 0.909 bits per heavy atom. The molecule has 0 aliphatic carbocycles. The molecule has 3 aliphatic rings. The summed E-state index contributed by atoms with van der Waals surface area (Å²) in [4.78, 5) is 34.2. The number of nitrogens with one attached hydrogen (secondary N) is 1. The van der Waals surface area contributed by atoms with Gasteiger partial charge in [-0.1, -0.05) is 18.2 Å². The fourth-order valence-corrected chi connectivity index (χ4v) is 4.22. The standard InChI is InChI=1S/C21H24N2O2.C4H4O4/c1-15-20(16-11-13-23(15)14-12-16)22-21(24)17-7-9-19(10-8-17)25-18-5-3-2-4-6-18;5-3(6)1-2-4(7)8/h2-10,15-16,20H,11-14H2,1H3,(H,22,24);1-2H,(H,5,6)(H,7,8)/b;2-1+. The molecule has 3 heterocycles. The first-order valence-electron chi connectivity index (χ1n) is 10.9. The Morgan fingerprint density at radius 2 is 1.45 bits per heavy atom. The number of amides is 1. The van der Waals surface area contributed by atoms with E-state index in [1.165, 1.54) is 25.9 Å². The maximum Gasteiger partial charge on any atom is 0.328 e. The lowest BCUT2D eigenvalue weighted by Crippen LogP contribution is -2.62. The molecule has 8 heteroatoms. The highest BCUT2D eigenvalue weighted by molar-refractivity contribution is 5.94. The maximum atomic E-state index is 12.6. The maximum absolute atomic E-state index is 12.6. The predicted octanol–water partition coefficient (Wildman–Crippen LogP) is 3.40. The highest BCUT2D eigenvalue weighted by Crippen LogP contribution is 2.32. The molecule has 5 rings (SSSR count). The van der Waals surface area contributed by atoms with Gasteiger partial charge >= 0.3 is 11.9 Å². The third-order valence-electron chi connectivity index (χ3n) is 5.94. The molecule has 3 aliphatic heterocycles. The van der Waals surface area contributed by atoms with Crippen molar-refractivity contribution >= 4 is 17.8 Å². The molecule has 0 saturated carbocycles. The number of para-hydroxylation sites is 1. The average Bonchev–Trinajstić information content (AvgIpc) is 2.82. The van der Waals surface area contributed by atoms with Crippen molar-refractivity contribution in [3.05, 3.63) is 72.3 Å². The normalized spacial score (nSPS) is 23.3. The van der Waals surface area contributed by atoms with Crippen LogP contribution < -0.4 is 10.1 Å². The quantitative estimate of drug-likeness (QED) is 0.575. The minimum atomic E-state index is -1.26. The van der Waals surface area contributed by atoms with Crippen molar-refractivity contribution in [2.75, 3.05) is 13.1 Å². The van der Waals surface area contributed by atoms with E-state index in [1.807, 2.05) is 54.6 Å². The number of piperidine rings is 3. The Bertz CT molecular complexity index is 964. The van der Waals surface area contributed by atoms with E-state index < -0.39 is 11.9 Å². The second-order valence-electron chi connectivity index (χ2n) is 8.06. The van der Waals surface area contributed by atoms with E-state index in [1.54, 1.807) is 0 Å². The Morgan fingerprint density at radius 3 is 1.97 bits per heavy atom. The van der Waals surface area contributed by atoms with Crippen LogP contribution in [0.5, 0.6) is 11.5 Å². The van der Waals surface area contributed by atoms with Crippen LogP contribution in [0.2, 0.25) is 0 Å². The third kappa shape index (κ3) is 6.92. The summed E-state index contributed by atoms with van der Waals surface area (Å²) < 4.78 is 5.78. The molecule has 3 saturated heterocycles. The molecule has 2 bridgehead atoms. The van der Waals surface area contributed by atoms with Gasteiger partial charge in [-0.05, 0) is 75.2 Å². The van der Waals surface area contributed by atoms with Gasteiger partial charge in [-0.2, -0.15) is 0 Å². The summed E-state index contributed by atoms with van der Waals surface area (Å²) in [6, 6.07) is 17.7.